The zero-order valence-electron chi connectivity index (χ0n) is 22.1. The average molecular weight is 516 g/mol. The summed E-state index contributed by atoms with van der Waals surface area (Å²) in [6.07, 6.45) is 4.99. The van der Waals surface area contributed by atoms with E-state index >= 15 is 0 Å². The molecule has 9 heteroatoms. The topological polar surface area (TPSA) is 92.5 Å². The lowest BCUT2D eigenvalue weighted by Crippen LogP contribution is -2.10. The standard InChI is InChI=1S/C27H37N3O5S/c1-7-9-15-34-24-18-25(35-16-10-8-2)23(17-22(24)19(3)4)26-28-29-27(36(6,31)32)30(26)20-11-13-21(33-5)14-12-20/h11-14,17-19H,7-10,15-16H2,1-6H3. The fraction of sp³-hybridized carbons (Fsp3) is 0.481. The van der Waals surface area contributed by atoms with E-state index in [1.165, 1.54) is 0 Å². The monoisotopic (exact) mass is 515 g/mol. The van der Waals surface area contributed by atoms with E-state index in [1.54, 1.807) is 35.9 Å². The van der Waals surface area contributed by atoms with Crippen LogP contribution in [0.5, 0.6) is 17.2 Å². The van der Waals surface area contributed by atoms with E-state index in [4.69, 9.17) is 14.2 Å². The van der Waals surface area contributed by atoms with Crippen molar-refractivity contribution < 1.29 is 22.6 Å². The Morgan fingerprint density at radius 2 is 1.53 bits per heavy atom. The van der Waals surface area contributed by atoms with Crippen LogP contribution in [0.1, 0.15) is 64.9 Å². The van der Waals surface area contributed by atoms with Crippen molar-refractivity contribution in [3.8, 4) is 34.3 Å². The first-order valence-corrected chi connectivity index (χ1v) is 14.3. The highest BCUT2D eigenvalue weighted by molar-refractivity contribution is 7.90. The van der Waals surface area contributed by atoms with Gasteiger partial charge in [-0.05, 0) is 54.7 Å². The number of nitrogens with zero attached hydrogens (tertiary/aromatic N) is 3. The van der Waals surface area contributed by atoms with Gasteiger partial charge in [-0.1, -0.05) is 40.5 Å². The number of ether oxygens (including phenoxy) is 3. The van der Waals surface area contributed by atoms with Gasteiger partial charge in [-0.25, -0.2) is 8.42 Å². The van der Waals surface area contributed by atoms with Gasteiger partial charge in [-0.15, -0.1) is 10.2 Å². The molecule has 0 aliphatic rings. The van der Waals surface area contributed by atoms with Crippen LogP contribution in [0.4, 0.5) is 0 Å². The van der Waals surface area contributed by atoms with Crippen LogP contribution in [0.2, 0.25) is 0 Å². The molecule has 1 heterocycles. The van der Waals surface area contributed by atoms with Gasteiger partial charge < -0.3 is 14.2 Å². The lowest BCUT2D eigenvalue weighted by Gasteiger charge is -2.20. The number of hydrogen-bond donors (Lipinski definition) is 0. The van der Waals surface area contributed by atoms with Gasteiger partial charge in [-0.3, -0.25) is 4.57 Å². The van der Waals surface area contributed by atoms with Crippen LogP contribution < -0.4 is 14.2 Å². The summed E-state index contributed by atoms with van der Waals surface area (Å²) >= 11 is 0. The Morgan fingerprint density at radius 1 is 0.917 bits per heavy atom. The molecular formula is C27H37N3O5S. The molecule has 0 aliphatic carbocycles. The van der Waals surface area contributed by atoms with Crippen LogP contribution >= 0.6 is 0 Å². The van der Waals surface area contributed by atoms with Crippen LogP contribution in [-0.2, 0) is 9.84 Å². The fourth-order valence-corrected chi connectivity index (χ4v) is 4.46. The van der Waals surface area contributed by atoms with Gasteiger partial charge in [0, 0.05) is 12.3 Å². The molecule has 8 nitrogen and oxygen atoms in total. The minimum absolute atomic E-state index is 0.142. The molecule has 3 rings (SSSR count). The zero-order chi connectivity index (χ0) is 26.3. The Morgan fingerprint density at radius 3 is 2.06 bits per heavy atom. The van der Waals surface area contributed by atoms with Crippen LogP contribution in [0, 0.1) is 0 Å². The molecule has 0 N–H and O–H groups in total. The maximum Gasteiger partial charge on any atom is 0.254 e. The molecule has 0 amide bonds. The quantitative estimate of drug-likeness (QED) is 0.265. The SMILES string of the molecule is CCCCOc1cc(OCCCC)c(C(C)C)cc1-c1nnc(S(C)(=O)=O)n1-c1ccc(OC)cc1. The third-order valence-corrected chi connectivity index (χ3v) is 6.71. The Balaban J connectivity index is 2.25. The Labute approximate surface area is 214 Å². The third kappa shape index (κ3) is 6.37. The molecule has 0 saturated heterocycles. The smallest absolute Gasteiger partial charge is 0.254 e. The van der Waals surface area contributed by atoms with Gasteiger partial charge in [0.1, 0.15) is 17.2 Å². The highest BCUT2D eigenvalue weighted by Gasteiger charge is 2.26. The summed E-state index contributed by atoms with van der Waals surface area (Å²) in [6, 6.07) is 11.0. The molecule has 0 spiro atoms. The van der Waals surface area contributed by atoms with Gasteiger partial charge in [-0.2, -0.15) is 0 Å². The predicted octanol–water partition coefficient (Wildman–Crippen LogP) is 5.83. The Kier molecular flexibility index (Phi) is 9.37. The highest BCUT2D eigenvalue weighted by atomic mass is 32.2. The number of unbranched alkanes of at least 4 members (excludes halogenated alkanes) is 2. The summed E-state index contributed by atoms with van der Waals surface area (Å²) in [7, 11) is -2.09. The molecule has 2 aromatic carbocycles. The first-order chi connectivity index (χ1) is 17.2. The zero-order valence-corrected chi connectivity index (χ0v) is 22.9. The van der Waals surface area contributed by atoms with E-state index in [2.05, 4.69) is 37.9 Å². The van der Waals surface area contributed by atoms with Crippen LogP contribution in [0.25, 0.3) is 17.1 Å². The van der Waals surface area contributed by atoms with E-state index in [0.717, 1.165) is 43.3 Å². The third-order valence-electron chi connectivity index (χ3n) is 5.78. The van der Waals surface area contributed by atoms with Crippen molar-refractivity contribution in [2.75, 3.05) is 26.6 Å². The van der Waals surface area contributed by atoms with E-state index in [9.17, 15) is 8.42 Å². The predicted molar refractivity (Wildman–Crippen MR) is 141 cm³/mol. The number of hydrogen-bond acceptors (Lipinski definition) is 7. The fourth-order valence-electron chi connectivity index (χ4n) is 3.75. The van der Waals surface area contributed by atoms with E-state index in [0.29, 0.717) is 41.8 Å². The second-order valence-electron chi connectivity index (χ2n) is 9.06. The van der Waals surface area contributed by atoms with Crippen molar-refractivity contribution in [2.24, 2.45) is 0 Å². The van der Waals surface area contributed by atoms with Crippen molar-refractivity contribution >= 4 is 9.84 Å². The molecule has 3 aromatic rings. The van der Waals surface area contributed by atoms with Gasteiger partial charge in [0.2, 0.25) is 9.84 Å². The average Bonchev–Trinajstić information content (AvgIpc) is 3.30. The molecule has 0 bridgehead atoms. The summed E-state index contributed by atoms with van der Waals surface area (Å²) in [5, 5.41) is 8.29. The number of rotatable bonds is 13. The number of sulfone groups is 1. The largest absolute Gasteiger partial charge is 0.497 e. The molecule has 0 atom stereocenters. The highest BCUT2D eigenvalue weighted by Crippen LogP contribution is 2.40. The molecule has 36 heavy (non-hydrogen) atoms. The van der Waals surface area contributed by atoms with Crippen molar-refractivity contribution in [3.05, 3.63) is 42.0 Å². The molecular weight excluding hydrogens is 478 g/mol. The minimum atomic E-state index is -3.68. The molecule has 0 saturated carbocycles. The van der Waals surface area contributed by atoms with Gasteiger partial charge in [0.15, 0.2) is 5.82 Å². The van der Waals surface area contributed by atoms with Crippen molar-refractivity contribution in [1.29, 1.82) is 0 Å². The molecule has 1 aromatic heterocycles. The lowest BCUT2D eigenvalue weighted by molar-refractivity contribution is 0.292. The van der Waals surface area contributed by atoms with Crippen molar-refractivity contribution in [1.82, 2.24) is 14.8 Å². The molecule has 0 fully saturated rings. The van der Waals surface area contributed by atoms with E-state index in [-0.39, 0.29) is 11.1 Å². The number of methoxy groups -OCH3 is 1. The first kappa shape index (κ1) is 27.5. The van der Waals surface area contributed by atoms with Crippen molar-refractivity contribution in [3.63, 3.8) is 0 Å². The molecule has 0 aliphatic heterocycles. The summed E-state index contributed by atoms with van der Waals surface area (Å²) in [4.78, 5) is 0. The normalized spacial score (nSPS) is 11.6. The summed E-state index contributed by atoms with van der Waals surface area (Å²) in [5.41, 5.74) is 2.26. The van der Waals surface area contributed by atoms with Gasteiger partial charge >= 0.3 is 0 Å². The minimum Gasteiger partial charge on any atom is -0.497 e. The lowest BCUT2D eigenvalue weighted by atomic mass is 9.98. The second kappa shape index (κ2) is 12.3. The Hall–Kier alpha value is -3.07. The maximum absolute atomic E-state index is 12.7. The molecule has 0 radical (unpaired) electrons. The molecule has 196 valence electrons. The van der Waals surface area contributed by atoms with Crippen LogP contribution in [0.15, 0.2) is 41.6 Å². The first-order valence-electron chi connectivity index (χ1n) is 12.4. The van der Waals surface area contributed by atoms with Crippen LogP contribution in [0.3, 0.4) is 0 Å². The summed E-state index contributed by atoms with van der Waals surface area (Å²) in [6.45, 7) is 9.56. The summed E-state index contributed by atoms with van der Waals surface area (Å²) in [5.74, 6) is 2.56. The Bertz CT molecular complexity index is 1250. The van der Waals surface area contributed by atoms with E-state index < -0.39 is 9.84 Å². The second-order valence-corrected chi connectivity index (χ2v) is 11.0. The number of benzene rings is 2. The van der Waals surface area contributed by atoms with Gasteiger partial charge in [0.05, 0.1) is 31.6 Å². The maximum atomic E-state index is 12.7. The van der Waals surface area contributed by atoms with E-state index in [1.807, 2.05) is 12.1 Å². The van der Waals surface area contributed by atoms with Crippen molar-refractivity contribution in [2.45, 2.75) is 64.5 Å². The summed E-state index contributed by atoms with van der Waals surface area (Å²) < 4.78 is 44.5. The van der Waals surface area contributed by atoms with Crippen LogP contribution in [-0.4, -0.2) is 49.8 Å². The molecule has 0 unspecified atom stereocenters. The van der Waals surface area contributed by atoms with Gasteiger partial charge in [0.25, 0.3) is 5.16 Å². The number of aromatic nitrogens is 3.